The first-order valence-corrected chi connectivity index (χ1v) is 6.96. The van der Waals surface area contributed by atoms with Crippen LogP contribution in [0.5, 0.6) is 0 Å². The number of carbonyl (C=O) groups excluding carboxylic acids is 1. The van der Waals surface area contributed by atoms with Gasteiger partial charge in [0.1, 0.15) is 5.69 Å². The van der Waals surface area contributed by atoms with Crippen molar-refractivity contribution in [2.75, 3.05) is 5.32 Å². The molecular weight excluding hydrogens is 396 g/mol. The van der Waals surface area contributed by atoms with Crippen molar-refractivity contribution < 1.29 is 18.0 Å². The lowest BCUT2D eigenvalue weighted by Crippen LogP contribution is -2.14. The monoisotopic (exact) mass is 406 g/mol. The minimum atomic E-state index is -4.51. The number of hydrogen-bond acceptors (Lipinski definition) is 2. The number of aryl methyl sites for hydroxylation is 1. The summed E-state index contributed by atoms with van der Waals surface area (Å²) in [6, 6.07) is 7.25. The molecule has 1 aromatic heterocycles. The molecule has 0 saturated carbocycles. The molecule has 3 nitrogen and oxygen atoms in total. The molecule has 0 aliphatic rings. The highest BCUT2D eigenvalue weighted by atomic mass is 127. The second-order valence-electron chi connectivity index (χ2n) is 4.35. The zero-order valence-corrected chi connectivity index (χ0v) is 13.0. The Hall–Kier alpha value is -1.64. The molecule has 0 spiro atoms. The lowest BCUT2D eigenvalue weighted by atomic mass is 10.2. The van der Waals surface area contributed by atoms with Crippen LogP contribution in [-0.4, -0.2) is 10.9 Å². The first kappa shape index (κ1) is 15.7. The number of hydrogen-bond donors (Lipinski definition) is 1. The summed E-state index contributed by atoms with van der Waals surface area (Å²) in [6.07, 6.45) is -3.60. The minimum Gasteiger partial charge on any atom is -0.322 e. The Kier molecular flexibility index (Phi) is 4.50. The fourth-order valence-electron chi connectivity index (χ4n) is 1.57. The first-order chi connectivity index (χ1) is 9.77. The Morgan fingerprint density at radius 1 is 1.24 bits per heavy atom. The third-order valence-corrected chi connectivity index (χ3v) is 3.91. The van der Waals surface area contributed by atoms with Crippen molar-refractivity contribution in [3.63, 3.8) is 0 Å². The molecule has 21 heavy (non-hydrogen) atoms. The van der Waals surface area contributed by atoms with E-state index in [0.717, 1.165) is 27.5 Å². The van der Waals surface area contributed by atoms with Crippen molar-refractivity contribution in [3.05, 3.63) is 56.9 Å². The van der Waals surface area contributed by atoms with Crippen LogP contribution in [0.2, 0.25) is 0 Å². The third-order valence-electron chi connectivity index (χ3n) is 2.75. The van der Waals surface area contributed by atoms with Gasteiger partial charge in [-0.3, -0.25) is 9.78 Å². The summed E-state index contributed by atoms with van der Waals surface area (Å²) in [6.45, 7) is 1.94. The number of amides is 1. The molecule has 0 unspecified atom stereocenters. The van der Waals surface area contributed by atoms with Crippen LogP contribution in [0.4, 0.5) is 18.9 Å². The molecule has 0 bridgehead atoms. The number of benzene rings is 1. The third kappa shape index (κ3) is 3.93. The number of nitrogens with one attached hydrogen (secondary N) is 1. The van der Waals surface area contributed by atoms with Crippen molar-refractivity contribution >= 4 is 34.2 Å². The predicted molar refractivity (Wildman–Crippen MR) is 81.1 cm³/mol. The summed E-state index contributed by atoms with van der Waals surface area (Å²) in [7, 11) is 0. The molecule has 1 heterocycles. The maximum atomic E-state index is 12.4. The number of rotatable bonds is 2. The van der Waals surface area contributed by atoms with Gasteiger partial charge in [0, 0.05) is 15.5 Å². The lowest BCUT2D eigenvalue weighted by molar-refractivity contribution is -0.141. The van der Waals surface area contributed by atoms with Crippen LogP contribution in [0.25, 0.3) is 0 Å². The molecule has 1 N–H and O–H groups in total. The van der Waals surface area contributed by atoms with E-state index >= 15 is 0 Å². The molecule has 2 rings (SSSR count). The summed E-state index contributed by atoms with van der Waals surface area (Å²) in [5.41, 5.74) is 0.696. The van der Waals surface area contributed by atoms with Crippen molar-refractivity contribution in [2.45, 2.75) is 13.1 Å². The van der Waals surface area contributed by atoms with Crippen LogP contribution in [0, 0.1) is 10.5 Å². The van der Waals surface area contributed by atoms with E-state index in [1.165, 1.54) is 0 Å². The van der Waals surface area contributed by atoms with E-state index in [0.29, 0.717) is 5.69 Å². The second kappa shape index (κ2) is 6.00. The Bertz CT molecular complexity index is 669. The number of anilines is 1. The maximum absolute atomic E-state index is 12.4. The van der Waals surface area contributed by atoms with Crippen molar-refractivity contribution in [1.29, 1.82) is 0 Å². The molecule has 7 heteroatoms. The minimum absolute atomic E-state index is 0.0681. The van der Waals surface area contributed by atoms with Crippen molar-refractivity contribution in [3.8, 4) is 0 Å². The summed E-state index contributed by atoms with van der Waals surface area (Å²) >= 11 is 2.14. The Balaban J connectivity index is 2.15. The van der Waals surface area contributed by atoms with E-state index in [1.807, 2.05) is 13.0 Å². The fraction of sp³-hybridized carbons (Fsp3) is 0.143. The highest BCUT2D eigenvalue weighted by Crippen LogP contribution is 2.27. The summed E-state index contributed by atoms with van der Waals surface area (Å²) < 4.78 is 38.1. The summed E-state index contributed by atoms with van der Waals surface area (Å²) in [4.78, 5) is 15.2. The maximum Gasteiger partial charge on any atom is 0.433 e. The predicted octanol–water partition coefficient (Wildman–Crippen LogP) is 4.27. The van der Waals surface area contributed by atoms with E-state index in [4.69, 9.17) is 0 Å². The van der Waals surface area contributed by atoms with Crippen LogP contribution in [0.15, 0.2) is 36.5 Å². The molecule has 0 aliphatic heterocycles. The lowest BCUT2D eigenvalue weighted by Gasteiger charge is -2.08. The van der Waals surface area contributed by atoms with E-state index in [1.54, 1.807) is 12.1 Å². The van der Waals surface area contributed by atoms with Gasteiger partial charge >= 0.3 is 6.18 Å². The largest absolute Gasteiger partial charge is 0.433 e. The van der Waals surface area contributed by atoms with Gasteiger partial charge in [-0.05, 0) is 59.3 Å². The van der Waals surface area contributed by atoms with Gasteiger partial charge in [-0.25, -0.2) is 0 Å². The van der Waals surface area contributed by atoms with E-state index in [9.17, 15) is 18.0 Å². The molecule has 1 amide bonds. The van der Waals surface area contributed by atoms with Gasteiger partial charge in [0.15, 0.2) is 0 Å². The quantitative estimate of drug-likeness (QED) is 0.758. The van der Waals surface area contributed by atoms with Crippen LogP contribution < -0.4 is 5.32 Å². The fourth-order valence-corrected chi connectivity index (χ4v) is 2.09. The molecule has 2 aromatic rings. The first-order valence-electron chi connectivity index (χ1n) is 5.88. The van der Waals surface area contributed by atoms with Crippen molar-refractivity contribution in [2.24, 2.45) is 0 Å². The van der Waals surface area contributed by atoms with Gasteiger partial charge in [-0.1, -0.05) is 6.07 Å². The summed E-state index contributed by atoms with van der Waals surface area (Å²) in [5.74, 6) is -0.504. The average molecular weight is 406 g/mol. The molecule has 0 aliphatic carbocycles. The highest BCUT2D eigenvalue weighted by Gasteiger charge is 2.32. The topological polar surface area (TPSA) is 42.0 Å². The normalized spacial score (nSPS) is 11.3. The van der Waals surface area contributed by atoms with E-state index in [2.05, 4.69) is 32.9 Å². The van der Waals surface area contributed by atoms with Crippen LogP contribution in [0.3, 0.4) is 0 Å². The molecule has 1 aromatic carbocycles. The van der Waals surface area contributed by atoms with Gasteiger partial charge in [0.25, 0.3) is 5.91 Å². The number of halogens is 4. The summed E-state index contributed by atoms with van der Waals surface area (Å²) in [5, 5.41) is 2.62. The van der Waals surface area contributed by atoms with E-state index < -0.39 is 17.8 Å². The van der Waals surface area contributed by atoms with Crippen LogP contribution >= 0.6 is 22.6 Å². The molecule has 110 valence electrons. The number of pyridine rings is 1. The van der Waals surface area contributed by atoms with Crippen molar-refractivity contribution in [1.82, 2.24) is 4.98 Å². The number of alkyl halides is 3. The Morgan fingerprint density at radius 3 is 2.48 bits per heavy atom. The molecule has 0 saturated heterocycles. The van der Waals surface area contributed by atoms with Gasteiger partial charge in [0.05, 0.1) is 5.56 Å². The average Bonchev–Trinajstić information content (AvgIpc) is 2.42. The van der Waals surface area contributed by atoms with Gasteiger partial charge < -0.3 is 5.32 Å². The van der Waals surface area contributed by atoms with Crippen LogP contribution in [-0.2, 0) is 6.18 Å². The zero-order valence-electron chi connectivity index (χ0n) is 10.8. The smallest absolute Gasteiger partial charge is 0.322 e. The molecular formula is C14H10F3IN2O. The number of nitrogens with zero attached hydrogens (tertiary/aromatic N) is 1. The van der Waals surface area contributed by atoms with Gasteiger partial charge in [-0.15, -0.1) is 0 Å². The highest BCUT2D eigenvalue weighted by molar-refractivity contribution is 14.1. The SMILES string of the molecule is Cc1ccc(NC(=O)c2ccc(C(F)(F)F)nc2)cc1I. The van der Waals surface area contributed by atoms with Gasteiger partial charge in [-0.2, -0.15) is 13.2 Å². The Labute approximate surface area is 132 Å². The molecule has 0 atom stereocenters. The van der Waals surface area contributed by atoms with Gasteiger partial charge in [0.2, 0.25) is 0 Å². The zero-order chi connectivity index (χ0) is 15.6. The number of carbonyl (C=O) groups is 1. The standard InChI is InChI=1S/C14H10F3IN2O/c1-8-2-4-10(6-11(8)18)20-13(21)9-3-5-12(19-7-9)14(15,16)17/h2-7H,1H3,(H,20,21). The second-order valence-corrected chi connectivity index (χ2v) is 5.51. The molecule has 0 fully saturated rings. The van der Waals surface area contributed by atoms with E-state index in [-0.39, 0.29) is 5.56 Å². The van der Waals surface area contributed by atoms with Crippen LogP contribution in [0.1, 0.15) is 21.6 Å². The Morgan fingerprint density at radius 2 is 1.95 bits per heavy atom. The molecule has 0 radical (unpaired) electrons. The number of aromatic nitrogens is 1.